The van der Waals surface area contributed by atoms with Crippen molar-refractivity contribution in [1.29, 1.82) is 0 Å². The Labute approximate surface area is 238 Å². The molecule has 9 heteroatoms. The van der Waals surface area contributed by atoms with Gasteiger partial charge in [0.25, 0.3) is 11.7 Å². The van der Waals surface area contributed by atoms with Gasteiger partial charge in [-0.3, -0.25) is 14.5 Å². The first-order chi connectivity index (χ1) is 19.5. The Morgan fingerprint density at radius 3 is 2.40 bits per heavy atom. The van der Waals surface area contributed by atoms with Crippen molar-refractivity contribution >= 4 is 29.1 Å². The number of ether oxygens (including phenoxy) is 3. The van der Waals surface area contributed by atoms with Crippen LogP contribution in [0.25, 0.3) is 5.76 Å². The standard InChI is InChI=1S/C31H31ClN2O6/c1-38-26-19-23(9-12-25(26)40-20-21-5-3-2-4-6-21)28-27(29(35)22-7-10-24(32)11-8-22)30(36)31(37)34(28)14-13-33-15-17-39-18-16-33/h2-12,19,28,35H,13-18,20H2,1H3/b29-27+. The molecular weight excluding hydrogens is 532 g/mol. The van der Waals surface area contributed by atoms with Gasteiger partial charge in [0.1, 0.15) is 12.4 Å². The van der Waals surface area contributed by atoms with Gasteiger partial charge in [0.05, 0.1) is 31.9 Å². The summed E-state index contributed by atoms with van der Waals surface area (Å²) >= 11 is 6.04. The molecule has 2 aliphatic heterocycles. The van der Waals surface area contributed by atoms with Gasteiger partial charge in [-0.15, -0.1) is 0 Å². The number of halogens is 1. The first-order valence-electron chi connectivity index (χ1n) is 13.2. The van der Waals surface area contributed by atoms with Gasteiger partial charge in [-0.2, -0.15) is 0 Å². The van der Waals surface area contributed by atoms with Crippen LogP contribution in [0.1, 0.15) is 22.7 Å². The fraction of sp³-hybridized carbons (Fsp3) is 0.290. The average Bonchev–Trinajstić information content (AvgIpc) is 3.25. The smallest absolute Gasteiger partial charge is 0.295 e. The summed E-state index contributed by atoms with van der Waals surface area (Å²) in [4.78, 5) is 30.5. The highest BCUT2D eigenvalue weighted by Crippen LogP contribution is 2.42. The Kier molecular flexibility index (Phi) is 8.69. The van der Waals surface area contributed by atoms with Crippen LogP contribution in [0.5, 0.6) is 11.5 Å². The van der Waals surface area contributed by atoms with Crippen LogP contribution in [0, 0.1) is 0 Å². The zero-order valence-corrected chi connectivity index (χ0v) is 23.0. The van der Waals surface area contributed by atoms with Crippen molar-refractivity contribution < 1.29 is 28.9 Å². The number of aliphatic hydroxyl groups excluding tert-OH is 1. The lowest BCUT2D eigenvalue weighted by Crippen LogP contribution is -2.42. The van der Waals surface area contributed by atoms with Crippen LogP contribution >= 0.6 is 11.6 Å². The predicted molar refractivity (Wildman–Crippen MR) is 151 cm³/mol. The summed E-state index contributed by atoms with van der Waals surface area (Å²) in [5.74, 6) is -0.658. The van der Waals surface area contributed by atoms with E-state index in [1.165, 1.54) is 12.0 Å². The number of hydrogen-bond donors (Lipinski definition) is 1. The molecule has 2 heterocycles. The molecule has 1 N–H and O–H groups in total. The number of Topliss-reactive ketones (excluding diaryl/α,β-unsaturated/α-hetero) is 1. The number of ketones is 1. The third kappa shape index (κ3) is 5.99. The quantitative estimate of drug-likeness (QED) is 0.230. The highest BCUT2D eigenvalue weighted by molar-refractivity contribution is 6.46. The maximum absolute atomic E-state index is 13.4. The molecule has 1 atom stereocenters. The van der Waals surface area contributed by atoms with E-state index in [-0.39, 0.29) is 11.3 Å². The van der Waals surface area contributed by atoms with Crippen LogP contribution in [0.2, 0.25) is 5.02 Å². The number of likely N-dealkylation sites (tertiary alicyclic amines) is 1. The topological polar surface area (TPSA) is 88.5 Å². The van der Waals surface area contributed by atoms with E-state index in [1.807, 2.05) is 30.3 Å². The molecule has 0 radical (unpaired) electrons. The van der Waals surface area contributed by atoms with E-state index >= 15 is 0 Å². The maximum atomic E-state index is 13.4. The zero-order valence-electron chi connectivity index (χ0n) is 22.2. The van der Waals surface area contributed by atoms with Crippen LogP contribution in [0.15, 0.2) is 78.4 Å². The number of carbonyl (C=O) groups is 2. The molecule has 2 fully saturated rings. The summed E-state index contributed by atoms with van der Waals surface area (Å²) < 4.78 is 17.1. The molecule has 0 saturated carbocycles. The number of hydrogen-bond acceptors (Lipinski definition) is 7. The zero-order chi connectivity index (χ0) is 28.1. The minimum Gasteiger partial charge on any atom is -0.507 e. The van der Waals surface area contributed by atoms with E-state index in [9.17, 15) is 14.7 Å². The molecule has 208 valence electrons. The summed E-state index contributed by atoms with van der Waals surface area (Å²) in [6.45, 7) is 3.98. The number of morpholine rings is 1. The average molecular weight is 563 g/mol. The van der Waals surface area contributed by atoms with Crippen LogP contribution in [0.3, 0.4) is 0 Å². The predicted octanol–water partition coefficient (Wildman–Crippen LogP) is 4.68. The number of methoxy groups -OCH3 is 1. The van der Waals surface area contributed by atoms with Gasteiger partial charge in [-0.05, 0) is 47.5 Å². The van der Waals surface area contributed by atoms with Crippen molar-refractivity contribution in [2.75, 3.05) is 46.5 Å². The highest BCUT2D eigenvalue weighted by atomic mass is 35.5. The number of carbonyl (C=O) groups excluding carboxylic acids is 2. The second-order valence-electron chi connectivity index (χ2n) is 9.64. The van der Waals surface area contributed by atoms with Crippen LogP contribution < -0.4 is 9.47 Å². The molecule has 1 amide bonds. The second kappa shape index (κ2) is 12.6. The Morgan fingerprint density at radius 2 is 1.70 bits per heavy atom. The first-order valence-corrected chi connectivity index (χ1v) is 13.5. The van der Waals surface area contributed by atoms with Crippen molar-refractivity contribution in [3.05, 3.63) is 100 Å². The third-order valence-electron chi connectivity index (χ3n) is 7.16. The lowest BCUT2D eigenvalue weighted by molar-refractivity contribution is -0.140. The van der Waals surface area contributed by atoms with Gasteiger partial charge in [0.2, 0.25) is 0 Å². The molecule has 40 heavy (non-hydrogen) atoms. The van der Waals surface area contributed by atoms with Crippen molar-refractivity contribution in [1.82, 2.24) is 9.80 Å². The molecule has 8 nitrogen and oxygen atoms in total. The van der Waals surface area contributed by atoms with Crippen molar-refractivity contribution in [2.24, 2.45) is 0 Å². The van der Waals surface area contributed by atoms with E-state index in [4.69, 9.17) is 25.8 Å². The lowest BCUT2D eigenvalue weighted by atomic mass is 9.95. The largest absolute Gasteiger partial charge is 0.507 e. The maximum Gasteiger partial charge on any atom is 0.295 e. The SMILES string of the molecule is COc1cc(C2/C(=C(\O)c3ccc(Cl)cc3)C(=O)C(=O)N2CCN2CCOCC2)ccc1OCc1ccccc1. The Hall–Kier alpha value is -3.85. The normalized spacial score (nSPS) is 19.1. The molecule has 3 aromatic carbocycles. The van der Waals surface area contributed by atoms with Gasteiger partial charge in [-0.1, -0.05) is 48.0 Å². The Bertz CT molecular complexity index is 1390. The third-order valence-corrected chi connectivity index (χ3v) is 7.41. The fourth-order valence-electron chi connectivity index (χ4n) is 5.00. The van der Waals surface area contributed by atoms with E-state index < -0.39 is 17.7 Å². The number of rotatable bonds is 9. The summed E-state index contributed by atoms with van der Waals surface area (Å²) in [6, 6.07) is 20.8. The lowest BCUT2D eigenvalue weighted by Gasteiger charge is -2.31. The molecule has 1 unspecified atom stereocenters. The molecule has 2 saturated heterocycles. The molecule has 0 spiro atoms. The van der Waals surface area contributed by atoms with Crippen LogP contribution in [-0.4, -0.2) is 73.1 Å². The highest BCUT2D eigenvalue weighted by Gasteiger charge is 2.46. The number of benzene rings is 3. The molecule has 0 bridgehead atoms. The number of aliphatic hydroxyl groups is 1. The Balaban J connectivity index is 1.50. The van der Waals surface area contributed by atoms with E-state index in [0.717, 1.165) is 18.7 Å². The molecule has 0 aliphatic carbocycles. The van der Waals surface area contributed by atoms with Crippen LogP contribution in [0.4, 0.5) is 0 Å². The summed E-state index contributed by atoms with van der Waals surface area (Å²) in [6.07, 6.45) is 0. The molecule has 2 aliphatic rings. The van der Waals surface area contributed by atoms with E-state index in [2.05, 4.69) is 4.90 Å². The van der Waals surface area contributed by atoms with Crippen LogP contribution in [-0.2, 0) is 20.9 Å². The van der Waals surface area contributed by atoms with Gasteiger partial charge < -0.3 is 24.2 Å². The number of amides is 1. The minimum absolute atomic E-state index is 0.0225. The molecule has 3 aromatic rings. The monoisotopic (exact) mass is 562 g/mol. The summed E-state index contributed by atoms with van der Waals surface area (Å²) in [7, 11) is 1.54. The van der Waals surface area contributed by atoms with Gasteiger partial charge in [0, 0.05) is 36.8 Å². The fourth-order valence-corrected chi connectivity index (χ4v) is 5.13. The molecule has 0 aromatic heterocycles. The van der Waals surface area contributed by atoms with Crippen molar-refractivity contribution in [2.45, 2.75) is 12.6 Å². The number of nitrogens with zero attached hydrogens (tertiary/aromatic N) is 2. The van der Waals surface area contributed by atoms with E-state index in [0.29, 0.717) is 60.6 Å². The van der Waals surface area contributed by atoms with E-state index in [1.54, 1.807) is 42.5 Å². The van der Waals surface area contributed by atoms with Crippen molar-refractivity contribution in [3.8, 4) is 11.5 Å². The second-order valence-corrected chi connectivity index (χ2v) is 10.1. The Morgan fingerprint density at radius 1 is 0.975 bits per heavy atom. The van der Waals surface area contributed by atoms with Crippen molar-refractivity contribution in [3.63, 3.8) is 0 Å². The summed E-state index contributed by atoms with van der Waals surface area (Å²) in [5.41, 5.74) is 2.05. The van der Waals surface area contributed by atoms with Gasteiger partial charge in [-0.25, -0.2) is 0 Å². The minimum atomic E-state index is -0.811. The van der Waals surface area contributed by atoms with Gasteiger partial charge >= 0.3 is 0 Å². The molecule has 5 rings (SSSR count). The first kappa shape index (κ1) is 27.7. The summed E-state index contributed by atoms with van der Waals surface area (Å²) in [5, 5.41) is 11.8. The van der Waals surface area contributed by atoms with Gasteiger partial charge in [0.15, 0.2) is 11.5 Å². The molecular formula is C31H31ClN2O6.